The summed E-state index contributed by atoms with van der Waals surface area (Å²) < 4.78 is 1.56. The summed E-state index contributed by atoms with van der Waals surface area (Å²) in [6.07, 6.45) is 0. The molecule has 0 bridgehead atoms. The van der Waals surface area contributed by atoms with Crippen molar-refractivity contribution in [3.63, 3.8) is 0 Å². The maximum atomic E-state index is 11.9. The molecule has 4 nitrogen and oxygen atoms in total. The Morgan fingerprint density at radius 2 is 1.71 bits per heavy atom. The fourth-order valence-corrected chi connectivity index (χ4v) is 2.26. The molecule has 1 aromatic carbocycles. The van der Waals surface area contributed by atoms with Gasteiger partial charge in [0.15, 0.2) is 0 Å². The van der Waals surface area contributed by atoms with E-state index in [0.29, 0.717) is 6.54 Å². The second-order valence-electron chi connectivity index (χ2n) is 5.17. The molecular weight excluding hydrogens is 262 g/mol. The maximum Gasteiger partial charge on any atom is 0.266 e. The first-order valence-electron chi connectivity index (χ1n) is 7.51. The fourth-order valence-electron chi connectivity index (χ4n) is 2.26. The Morgan fingerprint density at radius 3 is 2.33 bits per heavy atom. The van der Waals surface area contributed by atoms with Crippen molar-refractivity contribution in [3.8, 4) is 11.3 Å². The molecule has 0 N–H and O–H groups in total. The van der Waals surface area contributed by atoms with Crippen molar-refractivity contribution in [3.05, 3.63) is 52.3 Å². The third-order valence-electron chi connectivity index (χ3n) is 3.74. The minimum absolute atomic E-state index is 0.0435. The Balaban J connectivity index is 2.21. The van der Waals surface area contributed by atoms with Gasteiger partial charge < -0.3 is 4.90 Å². The summed E-state index contributed by atoms with van der Waals surface area (Å²) in [5, 5.41) is 4.49. The Hall–Kier alpha value is -1.94. The number of benzene rings is 1. The number of likely N-dealkylation sites (N-methyl/N-ethyl adjacent to an activating group) is 1. The van der Waals surface area contributed by atoms with Crippen molar-refractivity contribution in [2.75, 3.05) is 19.6 Å². The van der Waals surface area contributed by atoms with Crippen LogP contribution in [0.25, 0.3) is 11.3 Å². The summed E-state index contributed by atoms with van der Waals surface area (Å²) in [6.45, 7) is 9.76. The van der Waals surface area contributed by atoms with Gasteiger partial charge in [0.1, 0.15) is 0 Å². The molecule has 2 aromatic rings. The smallest absolute Gasteiger partial charge is 0.266 e. The number of rotatable bonds is 6. The largest absolute Gasteiger partial charge is 0.302 e. The van der Waals surface area contributed by atoms with Crippen LogP contribution in [0, 0.1) is 6.92 Å². The van der Waals surface area contributed by atoms with E-state index in [4.69, 9.17) is 0 Å². The minimum atomic E-state index is -0.0435. The SMILES string of the molecule is CCN(CC)CCn1nc(-c2ccc(C)cc2)ccc1=O. The van der Waals surface area contributed by atoms with Crippen LogP contribution in [0.5, 0.6) is 0 Å². The minimum Gasteiger partial charge on any atom is -0.302 e. The lowest BCUT2D eigenvalue weighted by Gasteiger charge is -2.18. The second kappa shape index (κ2) is 7.18. The van der Waals surface area contributed by atoms with Crippen molar-refractivity contribution >= 4 is 0 Å². The Morgan fingerprint density at radius 1 is 1.05 bits per heavy atom. The van der Waals surface area contributed by atoms with Crippen LogP contribution in [0.3, 0.4) is 0 Å². The lowest BCUT2D eigenvalue weighted by atomic mass is 10.1. The Labute approximate surface area is 126 Å². The number of aryl methyl sites for hydroxylation is 1. The van der Waals surface area contributed by atoms with E-state index in [1.54, 1.807) is 16.8 Å². The Bertz CT molecular complexity index is 627. The van der Waals surface area contributed by atoms with E-state index in [-0.39, 0.29) is 5.56 Å². The summed E-state index contributed by atoms with van der Waals surface area (Å²) in [5.41, 5.74) is 3.05. The van der Waals surface area contributed by atoms with Crippen LogP contribution in [0.1, 0.15) is 19.4 Å². The molecule has 0 saturated heterocycles. The van der Waals surface area contributed by atoms with Crippen molar-refractivity contribution in [1.29, 1.82) is 0 Å². The maximum absolute atomic E-state index is 11.9. The van der Waals surface area contributed by atoms with Crippen LogP contribution in [-0.2, 0) is 6.54 Å². The van der Waals surface area contributed by atoms with Crippen molar-refractivity contribution in [2.45, 2.75) is 27.3 Å². The zero-order chi connectivity index (χ0) is 15.2. The molecule has 0 amide bonds. The molecule has 0 spiro atoms. The number of nitrogens with zero attached hydrogens (tertiary/aromatic N) is 3. The van der Waals surface area contributed by atoms with Crippen LogP contribution >= 0.6 is 0 Å². The summed E-state index contributed by atoms with van der Waals surface area (Å²) in [5.74, 6) is 0. The highest BCUT2D eigenvalue weighted by atomic mass is 16.1. The average molecular weight is 285 g/mol. The van der Waals surface area contributed by atoms with Gasteiger partial charge in [-0.2, -0.15) is 5.10 Å². The molecule has 0 aliphatic carbocycles. The monoisotopic (exact) mass is 285 g/mol. The van der Waals surface area contributed by atoms with Gasteiger partial charge >= 0.3 is 0 Å². The van der Waals surface area contributed by atoms with Crippen LogP contribution in [0.4, 0.5) is 0 Å². The highest BCUT2D eigenvalue weighted by Crippen LogP contribution is 2.15. The van der Waals surface area contributed by atoms with Gasteiger partial charge in [0, 0.05) is 18.2 Å². The zero-order valence-corrected chi connectivity index (χ0v) is 13.0. The lowest BCUT2D eigenvalue weighted by molar-refractivity contribution is 0.283. The summed E-state index contributed by atoms with van der Waals surface area (Å²) in [7, 11) is 0. The molecule has 4 heteroatoms. The number of hydrogen-bond acceptors (Lipinski definition) is 3. The van der Waals surface area contributed by atoms with Crippen molar-refractivity contribution in [2.24, 2.45) is 0 Å². The Kier molecular flexibility index (Phi) is 5.28. The standard InChI is InChI=1S/C17H23N3O/c1-4-19(5-2)12-13-20-17(21)11-10-16(18-20)15-8-6-14(3)7-9-15/h6-11H,4-5,12-13H2,1-3H3. The van der Waals surface area contributed by atoms with Gasteiger partial charge in [-0.05, 0) is 26.1 Å². The van der Waals surface area contributed by atoms with E-state index in [1.807, 2.05) is 12.1 Å². The van der Waals surface area contributed by atoms with E-state index >= 15 is 0 Å². The quantitative estimate of drug-likeness (QED) is 0.818. The molecule has 0 atom stereocenters. The first kappa shape index (κ1) is 15.4. The topological polar surface area (TPSA) is 38.1 Å². The van der Waals surface area contributed by atoms with Gasteiger partial charge in [0.25, 0.3) is 5.56 Å². The van der Waals surface area contributed by atoms with Crippen LogP contribution in [0.2, 0.25) is 0 Å². The van der Waals surface area contributed by atoms with Gasteiger partial charge in [-0.25, -0.2) is 4.68 Å². The fraction of sp³-hybridized carbons (Fsp3) is 0.412. The molecule has 0 aliphatic rings. The van der Waals surface area contributed by atoms with Crippen molar-refractivity contribution in [1.82, 2.24) is 14.7 Å². The molecule has 21 heavy (non-hydrogen) atoms. The van der Waals surface area contributed by atoms with Gasteiger partial charge in [0.05, 0.1) is 12.2 Å². The first-order chi connectivity index (χ1) is 10.1. The third-order valence-corrected chi connectivity index (χ3v) is 3.74. The molecule has 0 saturated carbocycles. The predicted molar refractivity (Wildman–Crippen MR) is 86.5 cm³/mol. The van der Waals surface area contributed by atoms with Gasteiger partial charge in [0.2, 0.25) is 0 Å². The van der Waals surface area contributed by atoms with Gasteiger partial charge in [-0.1, -0.05) is 43.7 Å². The average Bonchev–Trinajstić information content (AvgIpc) is 2.51. The summed E-state index contributed by atoms with van der Waals surface area (Å²) in [6, 6.07) is 11.6. The van der Waals surface area contributed by atoms with Crippen LogP contribution in [0.15, 0.2) is 41.2 Å². The molecule has 1 aromatic heterocycles. The first-order valence-corrected chi connectivity index (χ1v) is 7.51. The number of hydrogen-bond donors (Lipinski definition) is 0. The highest BCUT2D eigenvalue weighted by Gasteiger charge is 2.05. The predicted octanol–water partition coefficient (Wildman–Crippen LogP) is 2.56. The molecule has 1 heterocycles. The van der Waals surface area contributed by atoms with E-state index in [1.165, 1.54) is 5.56 Å². The van der Waals surface area contributed by atoms with E-state index in [2.05, 4.69) is 42.9 Å². The molecule has 0 radical (unpaired) electrons. The van der Waals surface area contributed by atoms with Crippen LogP contribution in [-0.4, -0.2) is 34.3 Å². The lowest BCUT2D eigenvalue weighted by Crippen LogP contribution is -2.31. The van der Waals surface area contributed by atoms with Crippen molar-refractivity contribution < 1.29 is 0 Å². The van der Waals surface area contributed by atoms with Crippen LogP contribution < -0.4 is 5.56 Å². The van der Waals surface area contributed by atoms with E-state index < -0.39 is 0 Å². The molecule has 112 valence electrons. The van der Waals surface area contributed by atoms with E-state index in [9.17, 15) is 4.79 Å². The zero-order valence-electron chi connectivity index (χ0n) is 13.0. The van der Waals surface area contributed by atoms with Gasteiger partial charge in [-0.3, -0.25) is 4.79 Å². The second-order valence-corrected chi connectivity index (χ2v) is 5.17. The molecule has 0 fully saturated rings. The summed E-state index contributed by atoms with van der Waals surface area (Å²) in [4.78, 5) is 14.2. The summed E-state index contributed by atoms with van der Waals surface area (Å²) >= 11 is 0. The molecule has 0 unspecified atom stereocenters. The molecule has 2 rings (SSSR count). The van der Waals surface area contributed by atoms with Gasteiger partial charge in [-0.15, -0.1) is 0 Å². The highest BCUT2D eigenvalue weighted by molar-refractivity contribution is 5.58. The third kappa shape index (κ3) is 4.02. The number of aromatic nitrogens is 2. The molecule has 0 aliphatic heterocycles. The normalized spacial score (nSPS) is 11.0. The van der Waals surface area contributed by atoms with E-state index in [0.717, 1.165) is 30.9 Å². The molecular formula is C17H23N3O.